The van der Waals surface area contributed by atoms with E-state index in [9.17, 15) is 18.0 Å². The number of nitrogens with zero attached hydrogens (tertiary/aromatic N) is 1. The molecule has 3 aromatic rings. The highest BCUT2D eigenvalue weighted by molar-refractivity contribution is 9.10. The molecule has 0 fully saturated rings. The van der Waals surface area contributed by atoms with E-state index in [1.165, 1.54) is 22.9 Å². The molecule has 2 aromatic carbocycles. The molecule has 0 amide bonds. The summed E-state index contributed by atoms with van der Waals surface area (Å²) in [5.41, 5.74) is 0.729. The fraction of sp³-hybridized carbons (Fsp3) is 0.190. The van der Waals surface area contributed by atoms with Crippen LogP contribution in [0.3, 0.4) is 0 Å². The Labute approximate surface area is 182 Å². The maximum Gasteiger partial charge on any atom is 0.268 e. The highest BCUT2D eigenvalue weighted by Crippen LogP contribution is 2.23. The van der Waals surface area contributed by atoms with Crippen molar-refractivity contribution in [3.63, 3.8) is 0 Å². The Kier molecular flexibility index (Phi) is 7.18. The van der Waals surface area contributed by atoms with E-state index in [2.05, 4.69) is 31.9 Å². The van der Waals surface area contributed by atoms with Crippen molar-refractivity contribution < 1.29 is 17.9 Å². The van der Waals surface area contributed by atoms with E-state index in [-0.39, 0.29) is 34.8 Å². The van der Waals surface area contributed by atoms with Crippen molar-refractivity contribution in [3.8, 4) is 5.75 Å². The van der Waals surface area contributed by atoms with Crippen molar-refractivity contribution in [2.75, 3.05) is 5.33 Å². The molecule has 0 N–H and O–H groups in total. The smallest absolute Gasteiger partial charge is 0.268 e. The monoisotopic (exact) mass is 529 g/mol. The van der Waals surface area contributed by atoms with Gasteiger partial charge in [0.05, 0.1) is 6.54 Å². The van der Waals surface area contributed by atoms with Gasteiger partial charge < -0.3 is 9.30 Å². The third-order valence-electron chi connectivity index (χ3n) is 4.33. The lowest BCUT2D eigenvalue weighted by molar-refractivity contribution is 0.296. The zero-order valence-electron chi connectivity index (χ0n) is 15.1. The largest absolute Gasteiger partial charge is 0.487 e. The standard InChI is InChI=1S/C21H16Br2F3NO2/c22-8-6-13-2-1-3-14(20(13)26)11-27-9-7-18(19(23)21(27)28)29-12-15-4-5-16(24)10-17(15)25/h1-5,7,9-10H,6,8,11-12H2. The van der Waals surface area contributed by atoms with Crippen molar-refractivity contribution in [1.82, 2.24) is 4.57 Å². The second kappa shape index (κ2) is 9.63. The molecule has 8 heteroatoms. The maximum atomic E-state index is 14.6. The normalized spacial score (nSPS) is 10.9. The molecule has 0 spiro atoms. The minimum Gasteiger partial charge on any atom is -0.487 e. The van der Waals surface area contributed by atoms with E-state index in [0.29, 0.717) is 22.9 Å². The second-order valence-corrected chi connectivity index (χ2v) is 7.87. The van der Waals surface area contributed by atoms with Crippen LogP contribution in [-0.2, 0) is 19.6 Å². The van der Waals surface area contributed by atoms with Gasteiger partial charge in [-0.25, -0.2) is 13.2 Å². The lowest BCUT2D eigenvalue weighted by Crippen LogP contribution is -2.22. The van der Waals surface area contributed by atoms with E-state index in [1.807, 2.05) is 0 Å². The average Bonchev–Trinajstić information content (AvgIpc) is 2.69. The van der Waals surface area contributed by atoms with Crippen LogP contribution in [0, 0.1) is 17.5 Å². The molecule has 0 bridgehead atoms. The molecule has 3 nitrogen and oxygen atoms in total. The first-order valence-electron chi connectivity index (χ1n) is 8.68. The van der Waals surface area contributed by atoms with Crippen LogP contribution in [0.15, 0.2) is 57.9 Å². The number of alkyl halides is 1. The molecule has 1 heterocycles. The summed E-state index contributed by atoms with van der Waals surface area (Å²) in [5, 5.41) is 0.638. The summed E-state index contributed by atoms with van der Waals surface area (Å²) in [7, 11) is 0. The number of hydrogen-bond donors (Lipinski definition) is 0. The second-order valence-electron chi connectivity index (χ2n) is 6.28. The fourth-order valence-corrected chi connectivity index (χ4v) is 3.70. The molecule has 0 aliphatic carbocycles. The van der Waals surface area contributed by atoms with Gasteiger partial charge in [0.15, 0.2) is 0 Å². The minimum atomic E-state index is -0.728. The first-order chi connectivity index (χ1) is 13.9. The Morgan fingerprint density at radius 3 is 2.48 bits per heavy atom. The Bertz CT molecular complexity index is 1090. The van der Waals surface area contributed by atoms with E-state index >= 15 is 0 Å². The van der Waals surface area contributed by atoms with Crippen molar-refractivity contribution in [2.45, 2.75) is 19.6 Å². The van der Waals surface area contributed by atoms with E-state index in [0.717, 1.165) is 12.1 Å². The van der Waals surface area contributed by atoms with E-state index in [4.69, 9.17) is 4.74 Å². The molecule has 0 radical (unpaired) electrons. The predicted octanol–water partition coefficient (Wildman–Crippen LogP) is 5.59. The van der Waals surface area contributed by atoms with E-state index in [1.54, 1.807) is 18.2 Å². The third-order valence-corrected chi connectivity index (χ3v) is 5.46. The summed E-state index contributed by atoms with van der Waals surface area (Å²) in [4.78, 5) is 12.6. The summed E-state index contributed by atoms with van der Waals surface area (Å²) in [6.07, 6.45) is 2.03. The number of ether oxygens (including phenoxy) is 1. The molecule has 0 unspecified atom stereocenters. The third kappa shape index (κ3) is 5.11. The van der Waals surface area contributed by atoms with Gasteiger partial charge >= 0.3 is 0 Å². The summed E-state index contributed by atoms with van der Waals surface area (Å²) >= 11 is 6.49. The number of rotatable bonds is 7. The van der Waals surface area contributed by atoms with Crippen LogP contribution in [0.2, 0.25) is 0 Å². The van der Waals surface area contributed by atoms with Crippen LogP contribution in [0.4, 0.5) is 13.2 Å². The van der Waals surface area contributed by atoms with Crippen LogP contribution < -0.4 is 10.3 Å². The van der Waals surface area contributed by atoms with Gasteiger partial charge in [0.1, 0.15) is 34.3 Å². The average molecular weight is 531 g/mol. The molecule has 29 heavy (non-hydrogen) atoms. The first kappa shape index (κ1) is 21.6. The zero-order valence-corrected chi connectivity index (χ0v) is 18.3. The Morgan fingerprint density at radius 1 is 1.00 bits per heavy atom. The quantitative estimate of drug-likeness (QED) is 0.373. The zero-order chi connectivity index (χ0) is 21.0. The minimum absolute atomic E-state index is 0.0618. The summed E-state index contributed by atoms with van der Waals surface area (Å²) in [5.74, 6) is -1.53. The summed E-state index contributed by atoms with van der Waals surface area (Å²) in [6, 6.07) is 9.82. The number of hydrogen-bond acceptors (Lipinski definition) is 2. The van der Waals surface area contributed by atoms with Gasteiger partial charge in [-0.3, -0.25) is 4.79 Å². The lowest BCUT2D eigenvalue weighted by Gasteiger charge is -2.13. The van der Waals surface area contributed by atoms with E-state index < -0.39 is 17.2 Å². The molecule has 1 aromatic heterocycles. The Balaban J connectivity index is 1.79. The molecule has 0 aliphatic rings. The molecule has 152 valence electrons. The highest BCUT2D eigenvalue weighted by Gasteiger charge is 2.13. The Morgan fingerprint density at radius 2 is 1.76 bits per heavy atom. The number of aromatic nitrogens is 1. The van der Waals surface area contributed by atoms with Crippen LogP contribution in [0.5, 0.6) is 5.75 Å². The Hall–Kier alpha value is -2.06. The van der Waals surface area contributed by atoms with Crippen LogP contribution in [0.25, 0.3) is 0 Å². The fourth-order valence-electron chi connectivity index (χ4n) is 2.79. The van der Waals surface area contributed by atoms with Gasteiger partial charge in [0.25, 0.3) is 5.56 Å². The molecule has 3 rings (SSSR count). The summed E-state index contributed by atoms with van der Waals surface area (Å²) in [6.45, 7) is -0.107. The summed E-state index contributed by atoms with van der Waals surface area (Å²) < 4.78 is 48.3. The number of halogens is 5. The van der Waals surface area contributed by atoms with Crippen molar-refractivity contribution in [2.24, 2.45) is 0 Å². The topological polar surface area (TPSA) is 31.2 Å². The van der Waals surface area contributed by atoms with Crippen molar-refractivity contribution in [3.05, 3.63) is 97.6 Å². The molecule has 0 saturated carbocycles. The van der Waals surface area contributed by atoms with Gasteiger partial charge in [-0.1, -0.05) is 34.1 Å². The highest BCUT2D eigenvalue weighted by atomic mass is 79.9. The maximum absolute atomic E-state index is 14.6. The van der Waals surface area contributed by atoms with Crippen LogP contribution in [0.1, 0.15) is 16.7 Å². The lowest BCUT2D eigenvalue weighted by atomic mass is 10.1. The van der Waals surface area contributed by atoms with Gasteiger partial charge in [-0.05, 0) is 46.1 Å². The van der Waals surface area contributed by atoms with Gasteiger partial charge in [0, 0.05) is 28.7 Å². The molecule has 0 saturated heterocycles. The van der Waals surface area contributed by atoms with Crippen molar-refractivity contribution in [1.29, 1.82) is 0 Å². The molecular formula is C21H16Br2F3NO2. The number of benzene rings is 2. The SMILES string of the molecule is O=c1c(Br)c(OCc2ccc(F)cc2F)ccn1Cc1cccc(CCBr)c1F. The van der Waals surface area contributed by atoms with Gasteiger partial charge in [-0.2, -0.15) is 0 Å². The first-order valence-corrected chi connectivity index (χ1v) is 10.6. The predicted molar refractivity (Wildman–Crippen MR) is 112 cm³/mol. The van der Waals surface area contributed by atoms with Gasteiger partial charge in [-0.15, -0.1) is 0 Å². The van der Waals surface area contributed by atoms with Crippen LogP contribution in [-0.4, -0.2) is 9.90 Å². The number of pyridine rings is 1. The van der Waals surface area contributed by atoms with Crippen LogP contribution >= 0.6 is 31.9 Å². The molecule has 0 aliphatic heterocycles. The van der Waals surface area contributed by atoms with Crippen molar-refractivity contribution >= 4 is 31.9 Å². The number of aryl methyl sites for hydroxylation is 1. The molecular weight excluding hydrogens is 515 g/mol. The van der Waals surface area contributed by atoms with Gasteiger partial charge in [0.2, 0.25) is 0 Å². The molecule has 0 atom stereocenters.